The van der Waals surface area contributed by atoms with E-state index in [1.165, 1.54) is 13.3 Å². The Balaban J connectivity index is 1.74. The van der Waals surface area contributed by atoms with Crippen molar-refractivity contribution in [1.82, 2.24) is 4.98 Å². The van der Waals surface area contributed by atoms with Crippen LogP contribution >= 0.6 is 0 Å². The largest absolute Gasteiger partial charge is 0.465 e. The highest BCUT2D eigenvalue weighted by atomic mass is 19.3. The molecule has 0 spiro atoms. The van der Waals surface area contributed by atoms with Gasteiger partial charge in [0.05, 0.1) is 12.7 Å². The van der Waals surface area contributed by atoms with Gasteiger partial charge in [0, 0.05) is 24.6 Å². The number of halogens is 2. The van der Waals surface area contributed by atoms with Crippen molar-refractivity contribution in [3.05, 3.63) is 23.4 Å². The Morgan fingerprint density at radius 3 is 2.64 bits per heavy atom. The molecule has 1 aliphatic carbocycles. The third-order valence-electron chi connectivity index (χ3n) is 5.19. The van der Waals surface area contributed by atoms with Crippen molar-refractivity contribution in [3.63, 3.8) is 0 Å². The van der Waals surface area contributed by atoms with E-state index in [-0.39, 0.29) is 11.8 Å². The van der Waals surface area contributed by atoms with E-state index in [4.69, 9.17) is 4.74 Å². The van der Waals surface area contributed by atoms with Gasteiger partial charge in [-0.15, -0.1) is 0 Å². The summed E-state index contributed by atoms with van der Waals surface area (Å²) < 4.78 is 30.3. The van der Waals surface area contributed by atoms with Crippen LogP contribution in [0.1, 0.15) is 48.0 Å². The third-order valence-corrected chi connectivity index (χ3v) is 5.19. The smallest absolute Gasteiger partial charge is 0.339 e. The summed E-state index contributed by atoms with van der Waals surface area (Å²) in [5.74, 6) is -0.711. The Bertz CT molecular complexity index is 658. The van der Waals surface area contributed by atoms with Gasteiger partial charge in [-0.2, -0.15) is 0 Å². The molecule has 5 nitrogen and oxygen atoms in total. The van der Waals surface area contributed by atoms with Gasteiger partial charge in [0.2, 0.25) is 12.3 Å². The number of amides is 1. The highest BCUT2D eigenvalue weighted by molar-refractivity contribution is 5.96. The highest BCUT2D eigenvalue weighted by Crippen LogP contribution is 2.35. The van der Waals surface area contributed by atoms with Crippen molar-refractivity contribution in [1.29, 1.82) is 0 Å². The molecule has 0 unspecified atom stereocenters. The summed E-state index contributed by atoms with van der Waals surface area (Å²) in [4.78, 5) is 30.5. The normalized spacial score (nSPS) is 23.3. The van der Waals surface area contributed by atoms with Crippen LogP contribution in [0.15, 0.2) is 12.3 Å². The number of carbonyl (C=O) groups excluding carboxylic acids is 2. The van der Waals surface area contributed by atoms with Crippen LogP contribution in [-0.2, 0) is 16.0 Å². The number of fused-ring (bicyclic) bond motifs is 1. The second kappa shape index (κ2) is 7.45. The summed E-state index contributed by atoms with van der Waals surface area (Å²) in [6.45, 7) is 0.575. The molecule has 7 heteroatoms. The van der Waals surface area contributed by atoms with E-state index >= 15 is 0 Å². The maximum atomic E-state index is 12.9. The number of rotatable bonds is 3. The van der Waals surface area contributed by atoms with Crippen LogP contribution in [0.5, 0.6) is 0 Å². The van der Waals surface area contributed by atoms with Gasteiger partial charge in [0.25, 0.3) is 0 Å². The van der Waals surface area contributed by atoms with Gasteiger partial charge in [-0.1, -0.05) is 0 Å². The molecule has 1 aromatic heterocycles. The molecule has 1 aromatic rings. The summed E-state index contributed by atoms with van der Waals surface area (Å²) in [7, 11) is 1.31. The van der Waals surface area contributed by atoms with Gasteiger partial charge in [0.1, 0.15) is 5.82 Å². The van der Waals surface area contributed by atoms with Gasteiger partial charge in [-0.05, 0) is 50.2 Å². The molecular weight excluding hydrogens is 330 g/mol. The Morgan fingerprint density at radius 2 is 2.00 bits per heavy atom. The molecule has 0 atom stereocenters. The average molecular weight is 352 g/mol. The number of aromatic nitrogens is 1. The van der Waals surface area contributed by atoms with Crippen molar-refractivity contribution in [2.24, 2.45) is 11.8 Å². The highest BCUT2D eigenvalue weighted by Gasteiger charge is 2.35. The molecule has 136 valence electrons. The maximum absolute atomic E-state index is 12.9. The second-order valence-corrected chi connectivity index (χ2v) is 6.74. The van der Waals surface area contributed by atoms with Gasteiger partial charge >= 0.3 is 5.97 Å². The summed E-state index contributed by atoms with van der Waals surface area (Å²) >= 11 is 0. The van der Waals surface area contributed by atoms with Crippen LogP contribution in [0, 0.1) is 11.8 Å². The van der Waals surface area contributed by atoms with Crippen molar-refractivity contribution in [2.45, 2.75) is 45.0 Å². The number of alkyl halides is 2. The molecule has 1 fully saturated rings. The van der Waals surface area contributed by atoms with E-state index < -0.39 is 18.3 Å². The first-order chi connectivity index (χ1) is 12.0. The molecule has 0 N–H and O–H groups in total. The van der Waals surface area contributed by atoms with E-state index in [0.29, 0.717) is 43.6 Å². The SMILES string of the molecule is COC(=O)c1cnc2c(c1)CCCN2C(=O)C1CCC(C(F)F)CC1. The zero-order chi connectivity index (χ0) is 18.0. The molecule has 1 amide bonds. The van der Waals surface area contributed by atoms with Crippen molar-refractivity contribution < 1.29 is 23.1 Å². The first-order valence-electron chi connectivity index (χ1n) is 8.68. The number of anilines is 1. The number of ether oxygens (including phenoxy) is 1. The molecule has 0 bridgehead atoms. The summed E-state index contributed by atoms with van der Waals surface area (Å²) in [6.07, 6.45) is 2.44. The average Bonchev–Trinajstić information content (AvgIpc) is 2.65. The molecular formula is C18H22F2N2O3. The lowest BCUT2D eigenvalue weighted by molar-refractivity contribution is -0.124. The number of esters is 1. The topological polar surface area (TPSA) is 59.5 Å². The zero-order valence-electron chi connectivity index (χ0n) is 14.2. The lowest BCUT2D eigenvalue weighted by Gasteiger charge is -2.34. The summed E-state index contributed by atoms with van der Waals surface area (Å²) in [6, 6.07) is 1.72. The summed E-state index contributed by atoms with van der Waals surface area (Å²) in [5.41, 5.74) is 1.22. The predicted molar refractivity (Wildman–Crippen MR) is 87.7 cm³/mol. The van der Waals surface area contributed by atoms with E-state index in [9.17, 15) is 18.4 Å². The number of aryl methyl sites for hydroxylation is 1. The number of pyridine rings is 1. The van der Waals surface area contributed by atoms with Crippen molar-refractivity contribution in [2.75, 3.05) is 18.6 Å². The fraction of sp³-hybridized carbons (Fsp3) is 0.611. The van der Waals surface area contributed by atoms with Crippen LogP contribution in [0.25, 0.3) is 0 Å². The number of methoxy groups -OCH3 is 1. The van der Waals surface area contributed by atoms with Crippen LogP contribution in [0.2, 0.25) is 0 Å². The standard InChI is InChI=1S/C18H22F2N2O3/c1-25-18(24)14-9-13-3-2-8-22(16(13)21-10-14)17(23)12-6-4-11(5-7-12)15(19)20/h9-12,15H,2-8H2,1H3. The molecule has 2 heterocycles. The second-order valence-electron chi connectivity index (χ2n) is 6.74. The maximum Gasteiger partial charge on any atom is 0.339 e. The fourth-order valence-electron chi connectivity index (χ4n) is 3.75. The Hall–Kier alpha value is -2.05. The molecule has 0 saturated heterocycles. The lowest BCUT2D eigenvalue weighted by atomic mass is 9.81. The molecule has 3 rings (SSSR count). The molecule has 0 radical (unpaired) electrons. The lowest BCUT2D eigenvalue weighted by Crippen LogP contribution is -2.41. The van der Waals surface area contributed by atoms with E-state index in [0.717, 1.165) is 18.4 Å². The number of hydrogen-bond acceptors (Lipinski definition) is 4. The van der Waals surface area contributed by atoms with Crippen molar-refractivity contribution >= 4 is 17.7 Å². The minimum atomic E-state index is -2.30. The van der Waals surface area contributed by atoms with Gasteiger partial charge in [0.15, 0.2) is 0 Å². The Morgan fingerprint density at radius 1 is 1.28 bits per heavy atom. The minimum absolute atomic E-state index is 0.0352. The Kier molecular flexibility index (Phi) is 5.30. The zero-order valence-corrected chi connectivity index (χ0v) is 14.2. The van der Waals surface area contributed by atoms with E-state index in [2.05, 4.69) is 4.98 Å². The third kappa shape index (κ3) is 3.65. The number of hydrogen-bond donors (Lipinski definition) is 0. The van der Waals surface area contributed by atoms with E-state index in [1.54, 1.807) is 11.0 Å². The van der Waals surface area contributed by atoms with Crippen molar-refractivity contribution in [3.8, 4) is 0 Å². The monoisotopic (exact) mass is 352 g/mol. The number of carbonyl (C=O) groups is 2. The molecule has 0 aromatic carbocycles. The Labute approximate surface area is 145 Å². The molecule has 2 aliphatic rings. The van der Waals surface area contributed by atoms with Gasteiger partial charge < -0.3 is 4.74 Å². The first-order valence-corrected chi connectivity index (χ1v) is 8.68. The van der Waals surface area contributed by atoms with Crippen LogP contribution in [0.4, 0.5) is 14.6 Å². The predicted octanol–water partition coefficient (Wildman–Crippen LogP) is 3.22. The van der Waals surface area contributed by atoms with Crippen LogP contribution in [-0.4, -0.2) is 36.9 Å². The summed E-state index contributed by atoms with van der Waals surface area (Å²) in [5, 5.41) is 0. The first kappa shape index (κ1) is 17.8. The van der Waals surface area contributed by atoms with Gasteiger partial charge in [-0.3, -0.25) is 9.69 Å². The van der Waals surface area contributed by atoms with E-state index in [1.807, 2.05) is 0 Å². The molecule has 1 aliphatic heterocycles. The molecule has 1 saturated carbocycles. The van der Waals surface area contributed by atoms with Crippen LogP contribution in [0.3, 0.4) is 0 Å². The fourth-order valence-corrected chi connectivity index (χ4v) is 3.75. The van der Waals surface area contributed by atoms with Gasteiger partial charge in [-0.25, -0.2) is 18.6 Å². The molecule has 25 heavy (non-hydrogen) atoms. The minimum Gasteiger partial charge on any atom is -0.465 e. The number of nitrogens with zero attached hydrogens (tertiary/aromatic N) is 2. The quantitative estimate of drug-likeness (QED) is 0.784. The van der Waals surface area contributed by atoms with Crippen LogP contribution < -0.4 is 4.90 Å².